The Kier molecular flexibility index (Phi) is 6.10. The first-order chi connectivity index (χ1) is 18.3. The average Bonchev–Trinajstić information content (AvgIpc) is 2.98. The summed E-state index contributed by atoms with van der Waals surface area (Å²) in [5, 5.41) is 0. The number of rotatable bonds is 5. The third kappa shape index (κ3) is 4.68. The van der Waals surface area contributed by atoms with Crippen LogP contribution >= 0.6 is 0 Å². The highest BCUT2D eigenvalue weighted by atomic mass is 14.5. The van der Waals surface area contributed by atoms with E-state index in [1.165, 1.54) is 27.8 Å². The third-order valence-electron chi connectivity index (χ3n) is 6.77. The van der Waals surface area contributed by atoms with Gasteiger partial charge in [0, 0.05) is 5.69 Å². The van der Waals surface area contributed by atoms with Gasteiger partial charge in [0.1, 0.15) is 0 Å². The zero-order valence-corrected chi connectivity index (χ0v) is 20.5. The van der Waals surface area contributed by atoms with Crippen molar-refractivity contribution in [3.05, 3.63) is 152 Å². The van der Waals surface area contributed by atoms with Crippen LogP contribution in [0, 0.1) is 0 Å². The Morgan fingerprint density at radius 1 is 0.297 bits per heavy atom. The van der Waals surface area contributed by atoms with Gasteiger partial charge in [-0.2, -0.15) is 0 Å². The Balaban J connectivity index is 1.69. The van der Waals surface area contributed by atoms with Crippen LogP contribution in [0.3, 0.4) is 0 Å². The van der Waals surface area contributed by atoms with Gasteiger partial charge in [-0.15, -0.1) is 0 Å². The van der Waals surface area contributed by atoms with Crippen LogP contribution in [0.2, 0.25) is 0 Å². The summed E-state index contributed by atoms with van der Waals surface area (Å²) in [7, 11) is 0. The first kappa shape index (κ1) is 22.6. The van der Waals surface area contributed by atoms with Gasteiger partial charge in [0.15, 0.2) is 0 Å². The van der Waals surface area contributed by atoms with E-state index in [1.54, 1.807) is 0 Å². The van der Waals surface area contributed by atoms with Gasteiger partial charge in [0.2, 0.25) is 0 Å². The predicted molar refractivity (Wildman–Crippen MR) is 158 cm³/mol. The monoisotopic (exact) mass is 473 g/mol. The van der Waals surface area contributed by atoms with E-state index < -0.39 is 0 Å². The van der Waals surface area contributed by atoms with E-state index in [2.05, 4.69) is 152 Å². The lowest BCUT2D eigenvalue weighted by Crippen LogP contribution is -1.95. The van der Waals surface area contributed by atoms with Crippen molar-refractivity contribution in [3.8, 4) is 55.6 Å². The largest absolute Gasteiger partial charge is 0.399 e. The van der Waals surface area contributed by atoms with Crippen molar-refractivity contribution >= 4 is 5.69 Å². The molecule has 0 aliphatic heterocycles. The summed E-state index contributed by atoms with van der Waals surface area (Å²) < 4.78 is 0. The molecule has 0 amide bonds. The molecule has 0 heterocycles. The molecule has 0 aliphatic carbocycles. The fourth-order valence-electron chi connectivity index (χ4n) is 5.03. The quantitative estimate of drug-likeness (QED) is 0.248. The fraction of sp³-hybridized carbons (Fsp3) is 0. The number of hydrogen-bond acceptors (Lipinski definition) is 1. The molecule has 6 aromatic carbocycles. The molecular weight excluding hydrogens is 446 g/mol. The summed E-state index contributed by atoms with van der Waals surface area (Å²) in [6, 6.07) is 53.4. The maximum Gasteiger partial charge on any atom is 0.0326 e. The van der Waals surface area contributed by atoms with Crippen molar-refractivity contribution in [2.75, 3.05) is 5.73 Å². The Morgan fingerprint density at radius 3 is 1.00 bits per heavy atom. The zero-order chi connectivity index (χ0) is 25.0. The molecular formula is C36H27N. The van der Waals surface area contributed by atoms with E-state index in [1.807, 2.05) is 0 Å². The molecule has 2 N–H and O–H groups in total. The van der Waals surface area contributed by atoms with Crippen LogP contribution in [0.5, 0.6) is 0 Å². The fourth-order valence-corrected chi connectivity index (χ4v) is 5.03. The summed E-state index contributed by atoms with van der Waals surface area (Å²) >= 11 is 0. The Morgan fingerprint density at radius 2 is 0.622 bits per heavy atom. The SMILES string of the molecule is Nc1cc(-c2ccccc2)c(-c2cc(-c3ccccc3)cc(-c3ccccc3)c2)c(-c2ccccc2)c1. The lowest BCUT2D eigenvalue weighted by Gasteiger charge is -2.19. The first-order valence-corrected chi connectivity index (χ1v) is 12.6. The van der Waals surface area contributed by atoms with Crippen LogP contribution in [-0.2, 0) is 0 Å². The third-order valence-corrected chi connectivity index (χ3v) is 6.77. The van der Waals surface area contributed by atoms with Gasteiger partial charge in [-0.3, -0.25) is 0 Å². The number of nitrogens with two attached hydrogens (primary N) is 1. The van der Waals surface area contributed by atoms with Gasteiger partial charge in [0.05, 0.1) is 0 Å². The molecule has 0 atom stereocenters. The number of anilines is 1. The van der Waals surface area contributed by atoms with Crippen LogP contribution in [0.1, 0.15) is 0 Å². The lowest BCUT2D eigenvalue weighted by atomic mass is 9.85. The van der Waals surface area contributed by atoms with Crippen molar-refractivity contribution in [3.63, 3.8) is 0 Å². The average molecular weight is 474 g/mol. The Bertz CT molecular complexity index is 1520. The summed E-state index contributed by atoms with van der Waals surface area (Å²) in [5.41, 5.74) is 18.9. The molecule has 0 unspecified atom stereocenters. The second-order valence-electron chi connectivity index (χ2n) is 9.25. The lowest BCUT2D eigenvalue weighted by molar-refractivity contribution is 1.54. The van der Waals surface area contributed by atoms with E-state index in [0.29, 0.717) is 0 Å². The molecule has 0 saturated heterocycles. The molecule has 0 bridgehead atoms. The van der Waals surface area contributed by atoms with Gasteiger partial charge in [0.25, 0.3) is 0 Å². The first-order valence-electron chi connectivity index (χ1n) is 12.6. The highest BCUT2D eigenvalue weighted by Crippen LogP contribution is 2.44. The second-order valence-corrected chi connectivity index (χ2v) is 9.25. The van der Waals surface area contributed by atoms with Crippen molar-refractivity contribution in [1.82, 2.24) is 0 Å². The van der Waals surface area contributed by atoms with Gasteiger partial charge in [-0.25, -0.2) is 0 Å². The molecule has 0 saturated carbocycles. The summed E-state index contributed by atoms with van der Waals surface area (Å²) in [4.78, 5) is 0. The van der Waals surface area contributed by atoms with E-state index >= 15 is 0 Å². The molecule has 6 aromatic rings. The topological polar surface area (TPSA) is 26.0 Å². The molecule has 0 spiro atoms. The van der Waals surface area contributed by atoms with Crippen molar-refractivity contribution in [2.45, 2.75) is 0 Å². The molecule has 37 heavy (non-hydrogen) atoms. The van der Waals surface area contributed by atoms with Crippen LogP contribution in [0.25, 0.3) is 55.6 Å². The van der Waals surface area contributed by atoms with E-state index in [4.69, 9.17) is 5.73 Å². The van der Waals surface area contributed by atoms with Gasteiger partial charge in [-0.1, -0.05) is 121 Å². The zero-order valence-electron chi connectivity index (χ0n) is 20.5. The molecule has 176 valence electrons. The van der Waals surface area contributed by atoms with Gasteiger partial charge >= 0.3 is 0 Å². The molecule has 0 aromatic heterocycles. The standard InChI is InChI=1S/C36H27N/c37-33-24-34(28-17-9-3-10-18-28)36(35(25-33)29-19-11-4-12-20-29)32-22-30(26-13-5-1-6-14-26)21-31(23-32)27-15-7-2-8-16-27/h1-25H,37H2. The minimum atomic E-state index is 0.754. The molecule has 0 aliphatic rings. The molecule has 0 radical (unpaired) electrons. The van der Waals surface area contributed by atoms with Crippen LogP contribution in [0.15, 0.2) is 152 Å². The van der Waals surface area contributed by atoms with E-state index in [9.17, 15) is 0 Å². The minimum absolute atomic E-state index is 0.754. The number of nitrogen functional groups attached to an aromatic ring is 1. The van der Waals surface area contributed by atoms with E-state index in [-0.39, 0.29) is 0 Å². The van der Waals surface area contributed by atoms with Gasteiger partial charge in [-0.05, 0) is 86.0 Å². The van der Waals surface area contributed by atoms with E-state index in [0.717, 1.165) is 33.5 Å². The Labute approximate surface area is 218 Å². The summed E-state index contributed by atoms with van der Waals surface area (Å²) in [6.07, 6.45) is 0. The summed E-state index contributed by atoms with van der Waals surface area (Å²) in [5.74, 6) is 0. The second kappa shape index (κ2) is 10.0. The molecule has 0 fully saturated rings. The number of benzene rings is 6. The van der Waals surface area contributed by atoms with Crippen LogP contribution in [-0.4, -0.2) is 0 Å². The maximum atomic E-state index is 6.52. The smallest absolute Gasteiger partial charge is 0.0326 e. The van der Waals surface area contributed by atoms with Crippen molar-refractivity contribution < 1.29 is 0 Å². The highest BCUT2D eigenvalue weighted by Gasteiger charge is 2.17. The number of hydrogen-bond donors (Lipinski definition) is 1. The summed E-state index contributed by atoms with van der Waals surface area (Å²) in [6.45, 7) is 0. The molecule has 6 rings (SSSR count). The van der Waals surface area contributed by atoms with Crippen molar-refractivity contribution in [1.29, 1.82) is 0 Å². The maximum absolute atomic E-state index is 6.52. The molecule has 1 heteroatoms. The van der Waals surface area contributed by atoms with Gasteiger partial charge < -0.3 is 5.73 Å². The Hall–Kier alpha value is -4.88. The minimum Gasteiger partial charge on any atom is -0.399 e. The predicted octanol–water partition coefficient (Wildman–Crippen LogP) is 9.60. The van der Waals surface area contributed by atoms with Crippen molar-refractivity contribution in [2.24, 2.45) is 0 Å². The van der Waals surface area contributed by atoms with Crippen LogP contribution in [0.4, 0.5) is 5.69 Å². The highest BCUT2D eigenvalue weighted by molar-refractivity contribution is 5.98. The van der Waals surface area contributed by atoms with Crippen LogP contribution < -0.4 is 5.73 Å². The molecule has 1 nitrogen and oxygen atoms in total. The normalized spacial score (nSPS) is 10.8.